The smallest absolute Gasteiger partial charge is 0.255 e. The van der Waals surface area contributed by atoms with E-state index < -0.39 is 56.2 Å². The standard InChI is InChI=1S/C30H27ClF2N2O6S/c1-15-10-17-12-19(14-20(15)30(17,38)27(36)29-35-24-4-2-3-5-25(24)41-29)42(39,40)26-11-16(6-8-21(26)31)28(37)34-18-7-9-22(32)23(33)13-18/h2-9,11,13,15,17,19-20,27,36,38H,10,12,14H2,1H3,(H,34,37)/t15-,17?,19?,20?,27?,30+/m0/s1. The van der Waals surface area contributed by atoms with Crippen LogP contribution in [-0.4, -0.2) is 40.4 Å². The first-order valence-corrected chi connectivity index (χ1v) is 15.4. The number of hydrogen-bond acceptors (Lipinski definition) is 7. The van der Waals surface area contributed by atoms with Crippen molar-refractivity contribution in [2.45, 2.75) is 48.0 Å². The van der Waals surface area contributed by atoms with Crippen molar-refractivity contribution < 1.29 is 36.6 Å². The summed E-state index contributed by atoms with van der Waals surface area (Å²) in [5.74, 6) is -4.22. The summed E-state index contributed by atoms with van der Waals surface area (Å²) < 4.78 is 60.5. The van der Waals surface area contributed by atoms with Crippen LogP contribution >= 0.6 is 11.6 Å². The number of hydrogen-bond donors (Lipinski definition) is 3. The molecule has 4 aromatic rings. The number of halogens is 3. The minimum atomic E-state index is -4.10. The van der Waals surface area contributed by atoms with Crippen LogP contribution in [0.15, 0.2) is 70.0 Å². The van der Waals surface area contributed by atoms with Crippen molar-refractivity contribution >= 4 is 44.1 Å². The van der Waals surface area contributed by atoms with Gasteiger partial charge in [0.15, 0.2) is 33.2 Å². The summed E-state index contributed by atoms with van der Waals surface area (Å²) in [7, 11) is -4.10. The second-order valence-corrected chi connectivity index (χ2v) is 13.8. The molecule has 0 spiro atoms. The van der Waals surface area contributed by atoms with Crippen LogP contribution in [0.1, 0.15) is 48.5 Å². The molecular weight excluding hydrogens is 590 g/mol. The van der Waals surface area contributed by atoms with Crippen molar-refractivity contribution in [1.29, 1.82) is 0 Å². The highest BCUT2D eigenvalue weighted by Crippen LogP contribution is 2.58. The SMILES string of the molecule is C[C@H]1CC2CC(S(=O)(=O)c3cc(C(=O)Nc4ccc(F)c(F)c4)ccc3Cl)CC1[C@@]2(O)C(O)c1nc2ccccc2o1. The minimum absolute atomic E-state index is 0.00659. The number of aliphatic hydroxyl groups is 2. The lowest BCUT2D eigenvalue weighted by Gasteiger charge is -2.44. The van der Waals surface area contributed by atoms with E-state index in [9.17, 15) is 32.2 Å². The van der Waals surface area contributed by atoms with E-state index in [1.54, 1.807) is 24.3 Å². The number of benzene rings is 3. The zero-order valence-electron chi connectivity index (χ0n) is 22.3. The number of amides is 1. The molecule has 1 heterocycles. The maximum Gasteiger partial charge on any atom is 0.255 e. The topological polar surface area (TPSA) is 130 Å². The molecule has 1 aromatic heterocycles. The van der Waals surface area contributed by atoms with Crippen molar-refractivity contribution in [2.24, 2.45) is 17.8 Å². The Morgan fingerprint density at radius 2 is 1.86 bits per heavy atom. The third kappa shape index (κ3) is 4.68. The quantitative estimate of drug-likeness (QED) is 0.254. The van der Waals surface area contributed by atoms with Crippen molar-refractivity contribution in [3.63, 3.8) is 0 Å². The molecule has 42 heavy (non-hydrogen) atoms. The molecule has 12 heteroatoms. The molecule has 4 unspecified atom stereocenters. The number of fused-ring (bicyclic) bond motifs is 3. The molecular formula is C30H27ClF2N2O6S. The van der Waals surface area contributed by atoms with Gasteiger partial charge in [0.25, 0.3) is 5.91 Å². The maximum absolute atomic E-state index is 13.9. The second kappa shape index (κ2) is 10.4. The monoisotopic (exact) mass is 616 g/mol. The van der Waals surface area contributed by atoms with Crippen LogP contribution in [0.5, 0.6) is 0 Å². The molecule has 3 aromatic carbocycles. The third-order valence-electron chi connectivity index (χ3n) is 8.75. The van der Waals surface area contributed by atoms with Gasteiger partial charge in [-0.2, -0.15) is 0 Å². The lowest BCUT2D eigenvalue weighted by molar-refractivity contribution is -0.155. The molecule has 2 bridgehead atoms. The van der Waals surface area contributed by atoms with Crippen LogP contribution < -0.4 is 5.32 Å². The zero-order valence-corrected chi connectivity index (χ0v) is 23.9. The molecule has 0 radical (unpaired) electrons. The molecule has 1 amide bonds. The number of carbonyl (C=O) groups excluding carboxylic acids is 1. The highest BCUT2D eigenvalue weighted by Gasteiger charge is 2.62. The number of anilines is 1. The summed E-state index contributed by atoms with van der Waals surface area (Å²) in [6.07, 6.45) is -0.858. The van der Waals surface area contributed by atoms with Crippen LogP contribution in [0.4, 0.5) is 14.5 Å². The first-order chi connectivity index (χ1) is 19.9. The molecule has 6 rings (SSSR count). The average Bonchev–Trinajstić information content (AvgIpc) is 3.42. The Labute approximate surface area is 245 Å². The van der Waals surface area contributed by atoms with Gasteiger partial charge in [0.05, 0.1) is 15.2 Å². The van der Waals surface area contributed by atoms with Gasteiger partial charge in [-0.25, -0.2) is 22.2 Å². The van der Waals surface area contributed by atoms with Crippen molar-refractivity contribution in [2.75, 3.05) is 5.32 Å². The van der Waals surface area contributed by atoms with Gasteiger partial charge < -0.3 is 19.9 Å². The minimum Gasteiger partial charge on any atom is -0.438 e. The number of aromatic nitrogens is 1. The number of carbonyl (C=O) groups is 1. The molecule has 0 aliphatic heterocycles. The van der Waals surface area contributed by atoms with Gasteiger partial charge in [0, 0.05) is 17.3 Å². The number of sulfone groups is 1. The van der Waals surface area contributed by atoms with Gasteiger partial charge in [-0.05, 0) is 79.5 Å². The molecule has 0 saturated heterocycles. The number of oxazole rings is 1. The second-order valence-electron chi connectivity index (χ2n) is 11.2. The lowest BCUT2D eigenvalue weighted by Crippen LogP contribution is -2.52. The van der Waals surface area contributed by atoms with E-state index in [1.807, 2.05) is 6.92 Å². The number of nitrogens with zero attached hydrogens (tertiary/aromatic N) is 1. The number of nitrogens with one attached hydrogen (secondary N) is 1. The first-order valence-electron chi connectivity index (χ1n) is 13.4. The van der Waals surface area contributed by atoms with Crippen LogP contribution in [-0.2, 0) is 9.84 Å². The predicted molar refractivity (Wildman–Crippen MR) is 151 cm³/mol. The Bertz CT molecular complexity index is 1780. The van der Waals surface area contributed by atoms with Gasteiger partial charge in [0.2, 0.25) is 5.89 Å². The Morgan fingerprint density at radius 1 is 1.10 bits per heavy atom. The van der Waals surface area contributed by atoms with Gasteiger partial charge in [-0.3, -0.25) is 4.79 Å². The van der Waals surface area contributed by atoms with Crippen LogP contribution in [0.3, 0.4) is 0 Å². The van der Waals surface area contributed by atoms with E-state index in [1.165, 1.54) is 18.2 Å². The Morgan fingerprint density at radius 3 is 2.57 bits per heavy atom. The number of rotatable bonds is 6. The average molecular weight is 617 g/mol. The van der Waals surface area contributed by atoms with Gasteiger partial charge >= 0.3 is 0 Å². The van der Waals surface area contributed by atoms with E-state index in [0.29, 0.717) is 17.5 Å². The number of aliphatic hydroxyl groups excluding tert-OH is 1. The van der Waals surface area contributed by atoms with E-state index in [4.69, 9.17) is 16.0 Å². The van der Waals surface area contributed by atoms with Crippen molar-refractivity contribution in [3.05, 3.63) is 88.8 Å². The summed E-state index contributed by atoms with van der Waals surface area (Å²) in [6, 6.07) is 13.6. The number of para-hydroxylation sites is 2. The third-order valence-corrected chi connectivity index (χ3v) is 11.4. The normalized spacial score (nSPS) is 26.3. The van der Waals surface area contributed by atoms with E-state index in [0.717, 1.165) is 18.2 Å². The van der Waals surface area contributed by atoms with E-state index >= 15 is 0 Å². The van der Waals surface area contributed by atoms with Crippen LogP contribution in [0.2, 0.25) is 5.02 Å². The van der Waals surface area contributed by atoms with Gasteiger partial charge in [-0.15, -0.1) is 0 Å². The highest BCUT2D eigenvalue weighted by molar-refractivity contribution is 7.92. The molecule has 2 fully saturated rings. The molecule has 220 valence electrons. The molecule has 8 nitrogen and oxygen atoms in total. The van der Waals surface area contributed by atoms with Crippen LogP contribution in [0.25, 0.3) is 11.1 Å². The molecule has 2 aliphatic rings. The Balaban J connectivity index is 1.26. The van der Waals surface area contributed by atoms with Crippen molar-refractivity contribution in [1.82, 2.24) is 4.98 Å². The van der Waals surface area contributed by atoms with Gasteiger partial charge in [0.1, 0.15) is 11.1 Å². The zero-order chi connectivity index (χ0) is 30.0. The molecule has 3 N–H and O–H groups in total. The molecule has 2 aliphatic carbocycles. The maximum atomic E-state index is 13.9. The Kier molecular flexibility index (Phi) is 7.12. The summed E-state index contributed by atoms with van der Waals surface area (Å²) in [6.45, 7) is 1.92. The van der Waals surface area contributed by atoms with E-state index in [2.05, 4.69) is 10.3 Å². The summed E-state index contributed by atoms with van der Waals surface area (Å²) in [4.78, 5) is 17.0. The fourth-order valence-electron chi connectivity index (χ4n) is 6.67. The molecule has 6 atom stereocenters. The largest absolute Gasteiger partial charge is 0.438 e. The van der Waals surface area contributed by atoms with Crippen LogP contribution in [0, 0.1) is 29.4 Å². The highest BCUT2D eigenvalue weighted by atomic mass is 35.5. The molecule has 2 saturated carbocycles. The van der Waals surface area contributed by atoms with Crippen molar-refractivity contribution in [3.8, 4) is 0 Å². The summed E-state index contributed by atoms with van der Waals surface area (Å²) in [5.41, 5.74) is -0.696. The first kappa shape index (κ1) is 28.7. The summed E-state index contributed by atoms with van der Waals surface area (Å²) in [5, 5.41) is 24.7. The van der Waals surface area contributed by atoms with Gasteiger partial charge in [-0.1, -0.05) is 30.7 Å². The predicted octanol–water partition coefficient (Wildman–Crippen LogP) is 5.68. The Hall–Kier alpha value is -3.38. The fraction of sp³-hybridized carbons (Fsp3) is 0.333. The van der Waals surface area contributed by atoms with E-state index in [-0.39, 0.29) is 45.8 Å². The fourth-order valence-corrected chi connectivity index (χ4v) is 9.04. The lowest BCUT2D eigenvalue weighted by atomic mass is 9.70. The summed E-state index contributed by atoms with van der Waals surface area (Å²) >= 11 is 6.33.